The minimum absolute atomic E-state index is 0.265. The molecule has 5 nitrogen and oxygen atoms in total. The molecule has 0 radical (unpaired) electrons. The zero-order valence-corrected chi connectivity index (χ0v) is 10.7. The molecule has 0 spiro atoms. The second kappa shape index (κ2) is 6.84. The molecule has 0 aliphatic carbocycles. The van der Waals surface area contributed by atoms with Gasteiger partial charge in [0.2, 0.25) is 5.91 Å². The fourth-order valence-corrected chi connectivity index (χ4v) is 2.38. The lowest BCUT2D eigenvalue weighted by atomic mass is 10.2. The van der Waals surface area contributed by atoms with Gasteiger partial charge in [-0.25, -0.2) is 0 Å². The predicted octanol–water partition coefficient (Wildman–Crippen LogP) is 1.42. The van der Waals surface area contributed by atoms with E-state index < -0.39 is 13.3 Å². The van der Waals surface area contributed by atoms with Crippen molar-refractivity contribution in [2.45, 2.75) is 38.8 Å². The fourth-order valence-electron chi connectivity index (χ4n) is 1.32. The quantitative estimate of drug-likeness (QED) is 0.470. The molecule has 0 aliphatic heterocycles. The number of carbonyl (C=O) groups excluding carboxylic acids is 1. The summed E-state index contributed by atoms with van der Waals surface area (Å²) >= 11 is 0. The monoisotopic (exact) mass is 249 g/mol. The molecule has 0 rings (SSSR count). The molecule has 0 aliphatic rings. The normalized spacial score (nSPS) is 13.2. The van der Waals surface area contributed by atoms with Crippen molar-refractivity contribution in [2.24, 2.45) is 0 Å². The molecule has 0 fully saturated rings. The average Bonchev–Trinajstić information content (AvgIpc) is 2.14. The Morgan fingerprint density at radius 2 is 2.00 bits per heavy atom. The summed E-state index contributed by atoms with van der Waals surface area (Å²) in [5.41, 5.74) is -0.272. The summed E-state index contributed by atoms with van der Waals surface area (Å²) < 4.78 is 11.1. The number of amides is 1. The fraction of sp³-hybridized carbons (Fsp3) is 0.700. The van der Waals surface area contributed by atoms with Gasteiger partial charge >= 0.3 is 7.60 Å². The van der Waals surface area contributed by atoms with Crippen LogP contribution in [0, 0.1) is 0 Å². The van der Waals surface area contributed by atoms with Gasteiger partial charge in [-0.2, -0.15) is 0 Å². The van der Waals surface area contributed by atoms with Gasteiger partial charge in [0.25, 0.3) is 0 Å². The number of carbonyl (C=O) groups is 1. The smallest absolute Gasteiger partial charge is 0.328 e. The molecular formula is C10H20NO4P. The molecule has 1 atom stereocenters. The van der Waals surface area contributed by atoms with E-state index in [1.54, 1.807) is 6.92 Å². The van der Waals surface area contributed by atoms with E-state index in [1.165, 1.54) is 0 Å². The maximum atomic E-state index is 11.1. The molecule has 0 aromatic carbocycles. The summed E-state index contributed by atoms with van der Waals surface area (Å²) in [6.07, 6.45) is 1.47. The summed E-state index contributed by atoms with van der Waals surface area (Å²) in [6, 6.07) is 0. The van der Waals surface area contributed by atoms with Crippen LogP contribution in [0.15, 0.2) is 12.2 Å². The van der Waals surface area contributed by atoms with Crippen molar-refractivity contribution < 1.29 is 19.1 Å². The molecule has 94 valence electrons. The van der Waals surface area contributed by atoms with E-state index in [9.17, 15) is 9.36 Å². The van der Waals surface area contributed by atoms with Gasteiger partial charge in [-0.1, -0.05) is 19.9 Å². The summed E-state index contributed by atoms with van der Waals surface area (Å²) in [5, 5.41) is 2.56. The molecule has 0 aromatic heterocycles. The van der Waals surface area contributed by atoms with Crippen molar-refractivity contribution in [3.05, 3.63) is 12.2 Å². The highest BCUT2D eigenvalue weighted by Gasteiger charge is 2.27. The van der Waals surface area contributed by atoms with Gasteiger partial charge in [-0.3, -0.25) is 9.36 Å². The van der Waals surface area contributed by atoms with E-state index in [1.807, 2.05) is 6.92 Å². The standard InChI is InChI=1S/C10H20NO4P/c1-4-5-9(16(13,14)15)6-7-11-10(12)8(2)3/h9H,2,4-7H2,1,3H3,(H,11,12)(H2,13,14,15). The van der Waals surface area contributed by atoms with E-state index in [4.69, 9.17) is 9.79 Å². The Hall–Kier alpha value is -0.640. The lowest BCUT2D eigenvalue weighted by Gasteiger charge is -2.17. The van der Waals surface area contributed by atoms with Crippen LogP contribution < -0.4 is 5.32 Å². The van der Waals surface area contributed by atoms with Crippen LogP contribution in [-0.2, 0) is 9.36 Å². The molecule has 1 unspecified atom stereocenters. The third kappa shape index (κ3) is 6.05. The summed E-state index contributed by atoms with van der Waals surface area (Å²) in [4.78, 5) is 29.3. The van der Waals surface area contributed by atoms with Gasteiger partial charge in [0.05, 0.1) is 5.66 Å². The van der Waals surface area contributed by atoms with Gasteiger partial charge in [-0.05, 0) is 19.8 Å². The first-order chi connectivity index (χ1) is 7.29. The van der Waals surface area contributed by atoms with Crippen LogP contribution >= 0.6 is 7.60 Å². The van der Waals surface area contributed by atoms with Crippen molar-refractivity contribution in [2.75, 3.05) is 6.54 Å². The van der Waals surface area contributed by atoms with Crippen molar-refractivity contribution in [3.8, 4) is 0 Å². The minimum Gasteiger partial charge on any atom is -0.352 e. The number of nitrogens with one attached hydrogen (secondary N) is 1. The van der Waals surface area contributed by atoms with Gasteiger partial charge < -0.3 is 15.1 Å². The van der Waals surface area contributed by atoms with Crippen molar-refractivity contribution in [1.29, 1.82) is 0 Å². The summed E-state index contributed by atoms with van der Waals surface area (Å²) in [7, 11) is -4.05. The predicted molar refractivity (Wildman–Crippen MR) is 63.2 cm³/mol. The second-order valence-corrected chi connectivity index (χ2v) is 5.76. The maximum absolute atomic E-state index is 11.1. The van der Waals surface area contributed by atoms with Crippen molar-refractivity contribution >= 4 is 13.5 Å². The Morgan fingerprint density at radius 3 is 2.38 bits per heavy atom. The van der Waals surface area contributed by atoms with Gasteiger partial charge in [0.15, 0.2) is 0 Å². The molecule has 6 heteroatoms. The van der Waals surface area contributed by atoms with Crippen molar-refractivity contribution in [3.63, 3.8) is 0 Å². The molecule has 3 N–H and O–H groups in total. The maximum Gasteiger partial charge on any atom is 0.328 e. The van der Waals surface area contributed by atoms with Crippen LogP contribution in [0.4, 0.5) is 0 Å². The van der Waals surface area contributed by atoms with E-state index in [0.717, 1.165) is 0 Å². The number of hydrogen-bond donors (Lipinski definition) is 3. The molecule has 0 saturated carbocycles. The van der Waals surface area contributed by atoms with E-state index in [2.05, 4.69) is 11.9 Å². The van der Waals surface area contributed by atoms with E-state index in [0.29, 0.717) is 18.4 Å². The van der Waals surface area contributed by atoms with Crippen LogP contribution in [-0.4, -0.2) is 27.9 Å². The van der Waals surface area contributed by atoms with Crippen LogP contribution in [0.1, 0.15) is 33.1 Å². The molecule has 0 heterocycles. The zero-order valence-electron chi connectivity index (χ0n) is 9.77. The number of hydrogen-bond acceptors (Lipinski definition) is 2. The first kappa shape index (κ1) is 15.4. The molecule has 0 bridgehead atoms. The Kier molecular flexibility index (Phi) is 6.56. The topological polar surface area (TPSA) is 86.6 Å². The van der Waals surface area contributed by atoms with Gasteiger partial charge in [0.1, 0.15) is 0 Å². The van der Waals surface area contributed by atoms with Crippen LogP contribution in [0.2, 0.25) is 0 Å². The molecular weight excluding hydrogens is 229 g/mol. The lowest BCUT2D eigenvalue weighted by molar-refractivity contribution is -0.117. The molecule has 1 amide bonds. The summed E-state index contributed by atoms with van der Waals surface area (Å²) in [5.74, 6) is -0.277. The van der Waals surface area contributed by atoms with Gasteiger partial charge in [0, 0.05) is 12.1 Å². The molecule has 0 aromatic rings. The van der Waals surface area contributed by atoms with Crippen LogP contribution in [0.25, 0.3) is 0 Å². The molecule has 0 saturated heterocycles. The Morgan fingerprint density at radius 1 is 1.44 bits per heavy atom. The van der Waals surface area contributed by atoms with Crippen LogP contribution in [0.3, 0.4) is 0 Å². The Labute approximate surface area is 96.1 Å². The highest BCUT2D eigenvalue weighted by molar-refractivity contribution is 7.52. The average molecular weight is 249 g/mol. The van der Waals surface area contributed by atoms with E-state index >= 15 is 0 Å². The highest BCUT2D eigenvalue weighted by Crippen LogP contribution is 2.44. The largest absolute Gasteiger partial charge is 0.352 e. The first-order valence-electron chi connectivity index (χ1n) is 5.28. The first-order valence-corrected chi connectivity index (χ1v) is 6.96. The van der Waals surface area contributed by atoms with Gasteiger partial charge in [-0.15, -0.1) is 0 Å². The Bertz CT molecular complexity index is 297. The van der Waals surface area contributed by atoms with Crippen LogP contribution in [0.5, 0.6) is 0 Å². The summed E-state index contributed by atoms with van der Waals surface area (Å²) in [6.45, 7) is 7.19. The third-order valence-corrected chi connectivity index (χ3v) is 3.72. The molecule has 16 heavy (non-hydrogen) atoms. The number of rotatable bonds is 7. The lowest BCUT2D eigenvalue weighted by Crippen LogP contribution is -2.27. The third-order valence-electron chi connectivity index (χ3n) is 2.25. The Balaban J connectivity index is 4.09. The zero-order chi connectivity index (χ0) is 12.8. The minimum atomic E-state index is -4.05. The van der Waals surface area contributed by atoms with E-state index in [-0.39, 0.29) is 18.9 Å². The SMILES string of the molecule is C=C(C)C(=O)NCCC(CCC)P(=O)(O)O. The van der Waals surface area contributed by atoms with Crippen molar-refractivity contribution in [1.82, 2.24) is 5.32 Å². The highest BCUT2D eigenvalue weighted by atomic mass is 31.2. The second-order valence-electron chi connectivity index (χ2n) is 3.86.